The van der Waals surface area contributed by atoms with Gasteiger partial charge in [0.2, 0.25) is 0 Å². The molecule has 0 aromatic carbocycles. The number of amides is 1. The molecule has 1 amide bonds. The van der Waals surface area contributed by atoms with Gasteiger partial charge in [0.1, 0.15) is 5.60 Å². The molecule has 0 spiro atoms. The molecule has 29 heavy (non-hydrogen) atoms. The Bertz CT molecular complexity index is 590. The molecule has 0 saturated heterocycles. The molecule has 0 heterocycles. The van der Waals surface area contributed by atoms with Crippen molar-refractivity contribution in [2.24, 2.45) is 5.11 Å². The highest BCUT2D eigenvalue weighted by atomic mass is 28.4. The van der Waals surface area contributed by atoms with E-state index in [0.717, 1.165) is 0 Å². The lowest BCUT2D eigenvalue weighted by Gasteiger charge is -2.44. The number of methoxy groups -OCH3 is 1. The van der Waals surface area contributed by atoms with E-state index >= 15 is 0 Å². The van der Waals surface area contributed by atoms with Crippen molar-refractivity contribution in [1.82, 2.24) is 5.32 Å². The first-order valence-corrected chi connectivity index (χ1v) is 12.1. The van der Waals surface area contributed by atoms with Gasteiger partial charge in [0.05, 0.1) is 20.3 Å². The van der Waals surface area contributed by atoms with Gasteiger partial charge in [-0.15, -0.1) is 0 Å². The van der Waals surface area contributed by atoms with Crippen LogP contribution in [-0.4, -0.2) is 51.8 Å². The molecule has 0 aromatic rings. The second kappa shape index (κ2) is 10.8. The largest absolute Gasteiger partial charge is 0.467 e. The summed E-state index contributed by atoms with van der Waals surface area (Å²) in [6.45, 7) is 17.3. The Kier molecular flexibility index (Phi) is 10.2. The molecule has 0 saturated carbocycles. The van der Waals surface area contributed by atoms with Crippen molar-refractivity contribution in [2.45, 2.75) is 90.1 Å². The molecular weight excluding hydrogens is 392 g/mol. The lowest BCUT2D eigenvalue weighted by molar-refractivity contribution is -0.149. The molecule has 0 unspecified atom stereocenters. The number of hydrogen-bond donors (Lipinski definition) is 1. The Balaban J connectivity index is 6.11. The van der Waals surface area contributed by atoms with Crippen molar-refractivity contribution in [1.29, 1.82) is 0 Å². The molecule has 1 atom stereocenters. The van der Waals surface area contributed by atoms with Crippen molar-refractivity contribution < 1.29 is 23.5 Å². The van der Waals surface area contributed by atoms with Gasteiger partial charge in [0, 0.05) is 4.91 Å². The van der Waals surface area contributed by atoms with Crippen LogP contribution in [0.3, 0.4) is 0 Å². The summed E-state index contributed by atoms with van der Waals surface area (Å²) in [5, 5.41) is 6.10. The number of nitrogens with zero attached hydrogens (tertiary/aromatic N) is 3. The first-order chi connectivity index (χ1) is 13.2. The zero-order valence-electron chi connectivity index (χ0n) is 19.5. The Labute approximate surface area is 175 Å². The van der Waals surface area contributed by atoms with Gasteiger partial charge in [0.25, 0.3) is 0 Å². The topological polar surface area (TPSA) is 123 Å². The zero-order chi connectivity index (χ0) is 23.0. The standard InChI is InChI=1S/C19H38N4O5Si/c1-13(2)29(14(3)4,15(5)6)27-12-19(11-21-23-20,16(24)26-10)22-17(25)28-18(7,8)9/h13-15H,11-12H2,1-10H3,(H,22,25)/t19-/m0/s1. The fourth-order valence-corrected chi connectivity index (χ4v) is 9.39. The van der Waals surface area contributed by atoms with Gasteiger partial charge in [-0.3, -0.25) is 0 Å². The molecular formula is C19H38N4O5Si. The monoisotopic (exact) mass is 430 g/mol. The van der Waals surface area contributed by atoms with Crippen LogP contribution in [0, 0.1) is 0 Å². The maximum atomic E-state index is 12.7. The average molecular weight is 431 g/mol. The molecule has 0 aliphatic carbocycles. The summed E-state index contributed by atoms with van der Waals surface area (Å²) in [7, 11) is -1.16. The summed E-state index contributed by atoms with van der Waals surface area (Å²) >= 11 is 0. The first kappa shape index (κ1) is 27.2. The minimum absolute atomic E-state index is 0.168. The number of carbonyl (C=O) groups excluding carboxylic acids is 2. The van der Waals surface area contributed by atoms with Crippen LogP contribution in [0.5, 0.6) is 0 Å². The fourth-order valence-electron chi connectivity index (χ4n) is 3.89. The Hall–Kier alpha value is -1.77. The van der Waals surface area contributed by atoms with Crippen molar-refractivity contribution in [3.63, 3.8) is 0 Å². The predicted molar refractivity (Wildman–Crippen MR) is 115 cm³/mol. The summed E-state index contributed by atoms with van der Waals surface area (Å²) in [5.74, 6) is -0.755. The van der Waals surface area contributed by atoms with Gasteiger partial charge < -0.3 is 19.2 Å². The van der Waals surface area contributed by atoms with Crippen molar-refractivity contribution >= 4 is 20.4 Å². The van der Waals surface area contributed by atoms with Gasteiger partial charge in [0.15, 0.2) is 13.9 Å². The average Bonchev–Trinajstić information content (AvgIpc) is 2.56. The summed E-state index contributed by atoms with van der Waals surface area (Å²) in [4.78, 5) is 27.9. The van der Waals surface area contributed by atoms with Crippen LogP contribution >= 0.6 is 0 Å². The molecule has 0 fully saturated rings. The third kappa shape index (κ3) is 7.20. The van der Waals surface area contributed by atoms with E-state index in [-0.39, 0.29) is 29.8 Å². The molecule has 1 N–H and O–H groups in total. The molecule has 168 valence electrons. The number of rotatable bonds is 10. The van der Waals surface area contributed by atoms with Crippen LogP contribution in [-0.2, 0) is 18.7 Å². The molecule has 0 rings (SSSR count). The van der Waals surface area contributed by atoms with Crippen LogP contribution in [0.2, 0.25) is 16.6 Å². The zero-order valence-corrected chi connectivity index (χ0v) is 20.5. The van der Waals surface area contributed by atoms with Gasteiger partial charge in [-0.1, -0.05) is 46.7 Å². The number of alkyl carbamates (subject to hydrolysis) is 1. The summed E-state index contributed by atoms with van der Waals surface area (Å²) in [6.07, 6.45) is -0.814. The molecule has 10 heteroatoms. The third-order valence-electron chi connectivity index (χ3n) is 5.00. The van der Waals surface area contributed by atoms with Crippen molar-refractivity contribution in [2.75, 3.05) is 20.3 Å². The van der Waals surface area contributed by atoms with Crippen molar-refractivity contribution in [3.8, 4) is 0 Å². The maximum Gasteiger partial charge on any atom is 0.408 e. The normalized spacial score (nSPS) is 14.4. The summed E-state index contributed by atoms with van der Waals surface area (Å²) < 4.78 is 16.8. The van der Waals surface area contributed by atoms with E-state index in [2.05, 4.69) is 56.9 Å². The van der Waals surface area contributed by atoms with E-state index in [4.69, 9.17) is 19.4 Å². The number of ether oxygens (including phenoxy) is 2. The van der Waals surface area contributed by atoms with Crippen LogP contribution in [0.4, 0.5) is 4.79 Å². The second-order valence-corrected chi connectivity index (χ2v) is 14.7. The lowest BCUT2D eigenvalue weighted by Crippen LogP contribution is -2.63. The van der Waals surface area contributed by atoms with Crippen LogP contribution in [0.15, 0.2) is 5.11 Å². The number of hydrogen-bond acceptors (Lipinski definition) is 6. The number of esters is 1. The Morgan fingerprint density at radius 3 is 1.90 bits per heavy atom. The highest BCUT2D eigenvalue weighted by molar-refractivity contribution is 6.77. The quantitative estimate of drug-likeness (QED) is 0.173. The molecule has 0 radical (unpaired) electrons. The van der Waals surface area contributed by atoms with E-state index in [1.807, 2.05) is 0 Å². The van der Waals surface area contributed by atoms with E-state index in [9.17, 15) is 9.59 Å². The summed E-state index contributed by atoms with van der Waals surface area (Å²) in [6, 6.07) is 0. The number of carbonyl (C=O) groups is 2. The van der Waals surface area contributed by atoms with Gasteiger partial charge in [-0.05, 0) is 42.9 Å². The molecule has 0 aliphatic rings. The molecule has 0 bridgehead atoms. The van der Waals surface area contributed by atoms with Gasteiger partial charge >= 0.3 is 12.1 Å². The molecule has 9 nitrogen and oxygen atoms in total. The second-order valence-electron chi connectivity index (χ2n) is 9.20. The molecule has 0 aliphatic heterocycles. The van der Waals surface area contributed by atoms with Crippen molar-refractivity contribution in [3.05, 3.63) is 10.4 Å². The smallest absolute Gasteiger partial charge is 0.408 e. The highest BCUT2D eigenvalue weighted by Gasteiger charge is 2.49. The first-order valence-electron chi connectivity index (χ1n) is 9.93. The van der Waals surface area contributed by atoms with E-state index in [1.165, 1.54) is 7.11 Å². The van der Waals surface area contributed by atoms with Gasteiger partial charge in [-0.25, -0.2) is 9.59 Å². The number of azide groups is 1. The summed E-state index contributed by atoms with van der Waals surface area (Å²) in [5.41, 5.74) is 7.17. The van der Waals surface area contributed by atoms with Crippen LogP contribution in [0.25, 0.3) is 10.4 Å². The highest BCUT2D eigenvalue weighted by Crippen LogP contribution is 2.42. The fraction of sp³-hybridized carbons (Fsp3) is 0.895. The van der Waals surface area contributed by atoms with Crippen LogP contribution in [0.1, 0.15) is 62.3 Å². The third-order valence-corrected chi connectivity index (χ3v) is 11.1. The lowest BCUT2D eigenvalue weighted by atomic mass is 10.0. The van der Waals surface area contributed by atoms with Gasteiger partial charge in [-0.2, -0.15) is 0 Å². The predicted octanol–water partition coefficient (Wildman–Crippen LogP) is 4.93. The minimum atomic E-state index is -2.37. The Morgan fingerprint density at radius 1 is 1.07 bits per heavy atom. The van der Waals surface area contributed by atoms with Crippen LogP contribution < -0.4 is 5.32 Å². The maximum absolute atomic E-state index is 12.7. The molecule has 0 aromatic heterocycles. The van der Waals surface area contributed by atoms with E-state index < -0.39 is 31.5 Å². The van der Waals surface area contributed by atoms with E-state index in [1.54, 1.807) is 20.8 Å². The Morgan fingerprint density at radius 2 is 1.55 bits per heavy atom. The van der Waals surface area contributed by atoms with E-state index in [0.29, 0.717) is 0 Å². The SMILES string of the molecule is COC(=O)[C@](CN=[N+]=[N-])(CO[Si](C(C)C)(C(C)C)C(C)C)NC(=O)OC(C)(C)C. The number of nitrogens with one attached hydrogen (secondary N) is 1. The minimum Gasteiger partial charge on any atom is -0.467 e.